The average molecular weight is 158 g/mol. The molecule has 0 N–H and O–H groups in total. The Morgan fingerprint density at radius 3 is 2.75 bits per heavy atom. The van der Waals surface area contributed by atoms with Crippen LogP contribution in [-0.2, 0) is 0 Å². The van der Waals surface area contributed by atoms with Gasteiger partial charge in [-0.1, -0.05) is 43.3 Å². The van der Waals surface area contributed by atoms with E-state index in [1.54, 1.807) is 0 Å². The van der Waals surface area contributed by atoms with Crippen LogP contribution in [0.4, 0.5) is 0 Å². The Morgan fingerprint density at radius 1 is 1.33 bits per heavy atom. The van der Waals surface area contributed by atoms with Gasteiger partial charge in [0.1, 0.15) is 0 Å². The Morgan fingerprint density at radius 2 is 2.17 bits per heavy atom. The second kappa shape index (κ2) is 3.14. The maximum absolute atomic E-state index is 3.78. The van der Waals surface area contributed by atoms with Gasteiger partial charge in [0, 0.05) is 0 Å². The zero-order valence-electron chi connectivity index (χ0n) is 7.29. The lowest BCUT2D eigenvalue weighted by Gasteiger charge is -2.25. The van der Waals surface area contributed by atoms with Gasteiger partial charge in [0.15, 0.2) is 0 Å². The van der Waals surface area contributed by atoms with Crippen molar-refractivity contribution >= 4 is 6.08 Å². The summed E-state index contributed by atoms with van der Waals surface area (Å²) in [6.45, 7) is 3.78. The molecule has 1 aromatic rings. The topological polar surface area (TPSA) is 0 Å². The van der Waals surface area contributed by atoms with Crippen LogP contribution in [0.25, 0.3) is 6.08 Å². The van der Waals surface area contributed by atoms with Crippen molar-refractivity contribution in [3.63, 3.8) is 0 Å². The van der Waals surface area contributed by atoms with Crippen molar-refractivity contribution < 1.29 is 0 Å². The minimum absolute atomic E-state index is 0.838. The average Bonchev–Trinajstić information content (AvgIpc) is 2.02. The maximum Gasteiger partial charge on any atom is -0.0162 e. The van der Waals surface area contributed by atoms with E-state index in [-0.39, 0.29) is 0 Å². The van der Waals surface area contributed by atoms with E-state index in [9.17, 15) is 0 Å². The van der Waals surface area contributed by atoms with Crippen LogP contribution in [0, 0.1) is 0 Å². The lowest BCUT2D eigenvalue weighted by Crippen LogP contribution is -2.08. The van der Waals surface area contributed by atoms with Crippen molar-refractivity contribution in [2.75, 3.05) is 0 Å². The second-order valence-electron chi connectivity index (χ2n) is 3.50. The summed E-state index contributed by atoms with van der Waals surface area (Å²) in [4.78, 5) is 0. The van der Waals surface area contributed by atoms with E-state index < -0.39 is 0 Å². The third kappa shape index (κ3) is 1.29. The van der Waals surface area contributed by atoms with E-state index >= 15 is 0 Å². The van der Waals surface area contributed by atoms with Gasteiger partial charge in [-0.3, -0.25) is 0 Å². The summed E-state index contributed by atoms with van der Waals surface area (Å²) in [5.74, 6) is 0.838. The van der Waals surface area contributed by atoms with Crippen molar-refractivity contribution in [3.8, 4) is 0 Å². The quantitative estimate of drug-likeness (QED) is 0.617. The van der Waals surface area contributed by atoms with Gasteiger partial charge in [-0.25, -0.2) is 0 Å². The van der Waals surface area contributed by atoms with E-state index in [4.69, 9.17) is 0 Å². The van der Waals surface area contributed by atoms with Crippen LogP contribution < -0.4 is 0 Å². The first kappa shape index (κ1) is 7.60. The van der Waals surface area contributed by atoms with E-state index in [1.807, 2.05) is 6.08 Å². The summed E-state index contributed by atoms with van der Waals surface area (Å²) >= 11 is 0. The van der Waals surface area contributed by atoms with Gasteiger partial charge in [0.05, 0.1) is 0 Å². The lowest BCUT2D eigenvalue weighted by atomic mass is 9.80. The predicted molar refractivity (Wildman–Crippen MR) is 53.1 cm³/mol. The highest BCUT2D eigenvalue weighted by molar-refractivity contribution is 5.48. The fraction of sp³-hybridized carbons (Fsp3) is 0.333. The normalized spacial score (nSPS) is 17.0. The zero-order chi connectivity index (χ0) is 8.39. The van der Waals surface area contributed by atoms with Gasteiger partial charge < -0.3 is 0 Å². The first-order valence-electron chi connectivity index (χ1n) is 4.62. The Kier molecular flexibility index (Phi) is 1.99. The van der Waals surface area contributed by atoms with E-state index in [0.29, 0.717) is 0 Å². The van der Waals surface area contributed by atoms with Crippen LogP contribution >= 0.6 is 0 Å². The minimum atomic E-state index is 0.838. The SMILES string of the molecule is C=Cc1cccc(C2CCC2)c1. The van der Waals surface area contributed by atoms with Crippen molar-refractivity contribution in [2.45, 2.75) is 25.2 Å². The molecule has 0 heteroatoms. The number of hydrogen-bond acceptors (Lipinski definition) is 0. The third-order valence-electron chi connectivity index (χ3n) is 2.72. The molecule has 1 saturated carbocycles. The van der Waals surface area contributed by atoms with Gasteiger partial charge in [-0.2, -0.15) is 0 Å². The number of benzene rings is 1. The fourth-order valence-electron chi connectivity index (χ4n) is 1.68. The molecule has 0 atom stereocenters. The molecule has 2 rings (SSSR count). The van der Waals surface area contributed by atoms with E-state index in [1.165, 1.54) is 30.4 Å². The molecule has 0 spiro atoms. The lowest BCUT2D eigenvalue weighted by molar-refractivity contribution is 0.420. The molecule has 1 aliphatic carbocycles. The van der Waals surface area contributed by atoms with Crippen LogP contribution in [0.1, 0.15) is 36.3 Å². The smallest absolute Gasteiger partial charge is 0.0162 e. The molecule has 0 bridgehead atoms. The number of hydrogen-bond donors (Lipinski definition) is 0. The monoisotopic (exact) mass is 158 g/mol. The van der Waals surface area contributed by atoms with Crippen molar-refractivity contribution in [3.05, 3.63) is 42.0 Å². The Bertz CT molecular complexity index is 282. The first-order valence-corrected chi connectivity index (χ1v) is 4.62. The molecular weight excluding hydrogens is 144 g/mol. The molecule has 0 nitrogen and oxygen atoms in total. The highest BCUT2D eigenvalue weighted by atomic mass is 14.2. The van der Waals surface area contributed by atoms with Crippen LogP contribution in [0.3, 0.4) is 0 Å². The van der Waals surface area contributed by atoms with E-state index in [0.717, 1.165) is 5.92 Å². The highest BCUT2D eigenvalue weighted by Crippen LogP contribution is 2.36. The van der Waals surface area contributed by atoms with Crippen LogP contribution in [0.15, 0.2) is 30.8 Å². The summed E-state index contributed by atoms with van der Waals surface area (Å²) in [5, 5.41) is 0. The minimum Gasteiger partial charge on any atom is -0.0985 e. The zero-order valence-corrected chi connectivity index (χ0v) is 7.29. The molecule has 0 aromatic heterocycles. The molecule has 0 aliphatic heterocycles. The Hall–Kier alpha value is -1.04. The Labute approximate surface area is 73.9 Å². The fourth-order valence-corrected chi connectivity index (χ4v) is 1.68. The summed E-state index contributed by atoms with van der Waals surface area (Å²) in [6.07, 6.45) is 6.08. The largest absolute Gasteiger partial charge is 0.0985 e. The first-order chi connectivity index (χ1) is 5.90. The highest BCUT2D eigenvalue weighted by Gasteiger charge is 2.18. The van der Waals surface area contributed by atoms with Gasteiger partial charge in [-0.05, 0) is 29.9 Å². The molecule has 0 unspecified atom stereocenters. The predicted octanol–water partition coefficient (Wildman–Crippen LogP) is 3.60. The van der Waals surface area contributed by atoms with Crippen LogP contribution in [0.5, 0.6) is 0 Å². The second-order valence-corrected chi connectivity index (χ2v) is 3.50. The molecule has 0 saturated heterocycles. The third-order valence-corrected chi connectivity index (χ3v) is 2.72. The molecule has 0 heterocycles. The standard InChI is InChI=1S/C12H14/c1-2-10-5-3-8-12(9-10)11-6-4-7-11/h2-3,5,8-9,11H,1,4,6-7H2. The molecule has 1 aromatic carbocycles. The maximum atomic E-state index is 3.78. The van der Waals surface area contributed by atoms with Crippen LogP contribution in [0.2, 0.25) is 0 Å². The summed E-state index contributed by atoms with van der Waals surface area (Å²) < 4.78 is 0. The Balaban J connectivity index is 2.25. The summed E-state index contributed by atoms with van der Waals surface area (Å²) in [6, 6.07) is 8.73. The molecule has 1 aliphatic rings. The van der Waals surface area contributed by atoms with Gasteiger partial charge in [0.2, 0.25) is 0 Å². The number of rotatable bonds is 2. The summed E-state index contributed by atoms with van der Waals surface area (Å²) in [7, 11) is 0. The van der Waals surface area contributed by atoms with Crippen molar-refractivity contribution in [1.29, 1.82) is 0 Å². The molecular formula is C12H14. The molecule has 0 radical (unpaired) electrons. The van der Waals surface area contributed by atoms with Gasteiger partial charge in [0.25, 0.3) is 0 Å². The van der Waals surface area contributed by atoms with E-state index in [2.05, 4.69) is 30.8 Å². The van der Waals surface area contributed by atoms with Crippen molar-refractivity contribution in [2.24, 2.45) is 0 Å². The van der Waals surface area contributed by atoms with Crippen LogP contribution in [-0.4, -0.2) is 0 Å². The van der Waals surface area contributed by atoms with Crippen molar-refractivity contribution in [1.82, 2.24) is 0 Å². The molecule has 62 valence electrons. The van der Waals surface area contributed by atoms with Gasteiger partial charge >= 0.3 is 0 Å². The molecule has 12 heavy (non-hydrogen) atoms. The summed E-state index contributed by atoms with van der Waals surface area (Å²) in [5.41, 5.74) is 2.75. The molecule has 0 amide bonds. The molecule has 1 fully saturated rings. The van der Waals surface area contributed by atoms with Gasteiger partial charge in [-0.15, -0.1) is 0 Å².